The summed E-state index contributed by atoms with van der Waals surface area (Å²) in [6.07, 6.45) is 0. The number of hydrogen-bond donors (Lipinski definition) is 3. The smallest absolute Gasteiger partial charge is 0.252 e. The molecule has 116 valence electrons. The molecular weight excluding hydrogens is 329 g/mol. The lowest BCUT2D eigenvalue weighted by Gasteiger charge is -2.07. The molecule has 0 aliphatic heterocycles. The van der Waals surface area contributed by atoms with Crippen LogP contribution in [0.25, 0.3) is 0 Å². The van der Waals surface area contributed by atoms with Crippen LogP contribution in [-0.2, 0) is 11.3 Å². The Bertz CT molecular complexity index is 760. The lowest BCUT2D eigenvalue weighted by Crippen LogP contribution is -2.23. The lowest BCUT2D eigenvalue weighted by molar-refractivity contribution is 0.181. The molecule has 0 saturated carbocycles. The number of nitrogens with zero attached hydrogens (tertiary/aromatic N) is 2. The van der Waals surface area contributed by atoms with E-state index in [4.69, 9.17) is 33.7 Å². The molecule has 1 heterocycles. The van der Waals surface area contributed by atoms with Crippen LogP contribution < -0.4 is 16.6 Å². The van der Waals surface area contributed by atoms with Gasteiger partial charge >= 0.3 is 0 Å². The van der Waals surface area contributed by atoms with Gasteiger partial charge in [0.05, 0.1) is 23.0 Å². The molecule has 0 amide bonds. The number of methoxy groups -OCH3 is 1. The number of aromatic nitrogens is 2. The maximum Gasteiger partial charge on any atom is 0.252 e. The summed E-state index contributed by atoms with van der Waals surface area (Å²) >= 11 is 11.8. The number of H-pyrrole nitrogens is 1. The van der Waals surface area contributed by atoms with E-state index >= 15 is 0 Å². The molecule has 0 saturated heterocycles. The fourth-order valence-corrected chi connectivity index (χ4v) is 2.10. The Morgan fingerprint density at radius 2 is 2.23 bits per heavy atom. The average Bonchev–Trinajstić information content (AvgIpc) is 2.41. The number of hydrogen-bond acceptors (Lipinski definition) is 4. The number of aromatic amines is 1. The van der Waals surface area contributed by atoms with Gasteiger partial charge in [-0.15, -0.1) is 0 Å². The molecule has 2 aromatic rings. The third-order valence-electron chi connectivity index (χ3n) is 2.49. The number of guanidine groups is 1. The Hall–Kier alpha value is -2.09. The number of ether oxygens (including phenoxy) is 1. The Labute approximate surface area is 136 Å². The first-order valence-electron chi connectivity index (χ1n) is 6.13. The SMILES string of the molecule is COCc1cc(=O)[nH]c(/N=C(\N)Nc2ccc(Cl)cc2Cl)n1. The summed E-state index contributed by atoms with van der Waals surface area (Å²) in [4.78, 5) is 22.1. The molecule has 7 nitrogen and oxygen atoms in total. The number of anilines is 1. The van der Waals surface area contributed by atoms with E-state index in [1.807, 2.05) is 0 Å². The summed E-state index contributed by atoms with van der Waals surface area (Å²) in [6.45, 7) is 0.197. The van der Waals surface area contributed by atoms with Crippen molar-refractivity contribution in [1.29, 1.82) is 0 Å². The highest BCUT2D eigenvalue weighted by atomic mass is 35.5. The number of nitrogens with two attached hydrogens (primary N) is 1. The van der Waals surface area contributed by atoms with Gasteiger partial charge in [0.25, 0.3) is 5.56 Å². The predicted octanol–water partition coefficient (Wildman–Crippen LogP) is 2.28. The molecule has 0 atom stereocenters. The zero-order valence-electron chi connectivity index (χ0n) is 11.6. The van der Waals surface area contributed by atoms with Crippen LogP contribution in [0.15, 0.2) is 34.1 Å². The maximum atomic E-state index is 11.5. The first-order chi connectivity index (χ1) is 10.5. The normalized spacial score (nSPS) is 11.5. The predicted molar refractivity (Wildman–Crippen MR) is 86.9 cm³/mol. The molecule has 1 aromatic heterocycles. The van der Waals surface area contributed by atoms with Crippen molar-refractivity contribution in [2.24, 2.45) is 10.7 Å². The summed E-state index contributed by atoms with van der Waals surface area (Å²) in [7, 11) is 1.50. The molecule has 0 spiro atoms. The van der Waals surface area contributed by atoms with Crippen molar-refractivity contribution >= 4 is 40.8 Å². The van der Waals surface area contributed by atoms with Gasteiger partial charge in [0, 0.05) is 18.2 Å². The maximum absolute atomic E-state index is 11.5. The van der Waals surface area contributed by atoms with Crippen molar-refractivity contribution in [3.8, 4) is 0 Å². The molecule has 1 aromatic carbocycles. The van der Waals surface area contributed by atoms with Crippen LogP contribution in [0.4, 0.5) is 11.6 Å². The Morgan fingerprint density at radius 3 is 2.91 bits per heavy atom. The highest BCUT2D eigenvalue weighted by Crippen LogP contribution is 2.25. The van der Waals surface area contributed by atoms with Crippen LogP contribution in [0.1, 0.15) is 5.69 Å². The zero-order chi connectivity index (χ0) is 16.1. The number of aliphatic imine (C=N–C) groups is 1. The summed E-state index contributed by atoms with van der Waals surface area (Å²) in [5, 5.41) is 3.69. The van der Waals surface area contributed by atoms with E-state index in [1.54, 1.807) is 18.2 Å². The zero-order valence-corrected chi connectivity index (χ0v) is 13.1. The summed E-state index contributed by atoms with van der Waals surface area (Å²) in [6, 6.07) is 6.20. The quantitative estimate of drug-likeness (QED) is 0.584. The summed E-state index contributed by atoms with van der Waals surface area (Å²) in [5.41, 5.74) is 6.40. The highest BCUT2D eigenvalue weighted by molar-refractivity contribution is 6.36. The topological polar surface area (TPSA) is 105 Å². The van der Waals surface area contributed by atoms with Crippen LogP contribution in [0, 0.1) is 0 Å². The first-order valence-corrected chi connectivity index (χ1v) is 6.89. The van der Waals surface area contributed by atoms with Crippen molar-refractivity contribution in [1.82, 2.24) is 9.97 Å². The van der Waals surface area contributed by atoms with Crippen LogP contribution in [0.3, 0.4) is 0 Å². The second-order valence-corrected chi connectivity index (χ2v) is 5.08. The molecule has 0 radical (unpaired) electrons. The van der Waals surface area contributed by atoms with E-state index in [9.17, 15) is 4.79 Å². The van der Waals surface area contributed by atoms with E-state index in [2.05, 4.69) is 20.3 Å². The first kappa shape index (κ1) is 16.3. The van der Waals surface area contributed by atoms with E-state index < -0.39 is 0 Å². The molecule has 0 aliphatic rings. The van der Waals surface area contributed by atoms with Gasteiger partial charge in [0.1, 0.15) is 0 Å². The molecule has 2 rings (SSSR count). The molecule has 0 bridgehead atoms. The fourth-order valence-electron chi connectivity index (χ4n) is 1.64. The molecular formula is C13H13Cl2N5O2. The molecule has 4 N–H and O–H groups in total. The third-order valence-corrected chi connectivity index (χ3v) is 3.04. The van der Waals surface area contributed by atoms with Crippen molar-refractivity contribution < 1.29 is 4.74 Å². The van der Waals surface area contributed by atoms with Gasteiger partial charge < -0.3 is 15.8 Å². The molecule has 0 aliphatic carbocycles. The van der Waals surface area contributed by atoms with E-state index in [-0.39, 0.29) is 24.1 Å². The van der Waals surface area contributed by atoms with E-state index in [1.165, 1.54) is 13.2 Å². The Kier molecular flexibility index (Phi) is 5.37. The summed E-state index contributed by atoms with van der Waals surface area (Å²) in [5.74, 6) is 0.0802. The average molecular weight is 342 g/mol. The largest absolute Gasteiger partial charge is 0.378 e. The molecule has 9 heteroatoms. The van der Waals surface area contributed by atoms with Crippen molar-refractivity contribution in [2.45, 2.75) is 6.61 Å². The van der Waals surface area contributed by atoms with E-state index in [0.717, 1.165) is 0 Å². The van der Waals surface area contributed by atoms with Gasteiger partial charge in [-0.1, -0.05) is 23.2 Å². The third kappa shape index (κ3) is 4.45. The van der Waals surface area contributed by atoms with E-state index in [0.29, 0.717) is 21.4 Å². The number of halogens is 2. The monoisotopic (exact) mass is 341 g/mol. The van der Waals surface area contributed by atoms with Crippen LogP contribution >= 0.6 is 23.2 Å². The van der Waals surface area contributed by atoms with Gasteiger partial charge in [0.15, 0.2) is 0 Å². The minimum atomic E-state index is -0.349. The van der Waals surface area contributed by atoms with Gasteiger partial charge in [-0.05, 0) is 18.2 Å². The van der Waals surface area contributed by atoms with Crippen molar-refractivity contribution in [2.75, 3.05) is 12.4 Å². The Balaban J connectivity index is 2.23. The van der Waals surface area contributed by atoms with Gasteiger partial charge in [-0.25, -0.2) is 4.98 Å². The van der Waals surface area contributed by atoms with Gasteiger partial charge in [-0.3, -0.25) is 9.78 Å². The molecule has 0 unspecified atom stereocenters. The molecule has 0 fully saturated rings. The minimum absolute atomic E-state index is 0.0157. The fraction of sp³-hybridized carbons (Fsp3) is 0.154. The second-order valence-electron chi connectivity index (χ2n) is 4.24. The van der Waals surface area contributed by atoms with Crippen molar-refractivity contribution in [3.63, 3.8) is 0 Å². The minimum Gasteiger partial charge on any atom is -0.378 e. The number of benzene rings is 1. The van der Waals surface area contributed by atoms with Crippen molar-refractivity contribution in [3.05, 3.63) is 50.4 Å². The standard InChI is InChI=1S/C13H13Cl2N5O2/c1-22-6-8-5-11(21)19-13(17-8)20-12(16)18-10-3-2-7(14)4-9(10)15/h2-5H,6H2,1H3,(H4,16,17,18,19,20,21). The van der Waals surface area contributed by atoms with Gasteiger partial charge in [-0.2, -0.15) is 4.99 Å². The van der Waals surface area contributed by atoms with Gasteiger partial charge in [0.2, 0.25) is 11.9 Å². The Morgan fingerprint density at radius 1 is 1.45 bits per heavy atom. The number of nitrogens with one attached hydrogen (secondary N) is 2. The van der Waals surface area contributed by atoms with Crippen LogP contribution in [-0.4, -0.2) is 23.0 Å². The highest BCUT2D eigenvalue weighted by Gasteiger charge is 2.04. The lowest BCUT2D eigenvalue weighted by atomic mass is 10.3. The summed E-state index contributed by atoms with van der Waals surface area (Å²) < 4.78 is 4.92. The molecule has 22 heavy (non-hydrogen) atoms. The van der Waals surface area contributed by atoms with Crippen LogP contribution in [0.5, 0.6) is 0 Å². The van der Waals surface area contributed by atoms with Crippen LogP contribution in [0.2, 0.25) is 10.0 Å². The second kappa shape index (κ2) is 7.26. The number of rotatable bonds is 4.